The van der Waals surface area contributed by atoms with Crippen LogP contribution in [0.25, 0.3) is 0 Å². The maximum atomic E-state index is 12.3. The highest BCUT2D eigenvalue weighted by Crippen LogP contribution is 2.30. The summed E-state index contributed by atoms with van der Waals surface area (Å²) in [7, 11) is -3.85. The number of nitrogens with zero attached hydrogens (tertiary/aromatic N) is 1. The van der Waals surface area contributed by atoms with Crippen LogP contribution in [0.5, 0.6) is 0 Å². The Morgan fingerprint density at radius 2 is 2.04 bits per heavy atom. The summed E-state index contributed by atoms with van der Waals surface area (Å²) in [6.45, 7) is 3.88. The highest BCUT2D eigenvalue weighted by Gasteiger charge is 2.40. The number of carbonyl (C=O) groups is 2. The lowest BCUT2D eigenvalue weighted by molar-refractivity contribution is 0.0874. The first kappa shape index (κ1) is 19.4. The summed E-state index contributed by atoms with van der Waals surface area (Å²) in [5, 5.41) is 2.67. The molecule has 1 aliphatic heterocycles. The molecule has 0 bridgehead atoms. The maximum absolute atomic E-state index is 12.3. The van der Waals surface area contributed by atoms with Crippen LogP contribution in [0.3, 0.4) is 0 Å². The number of fused-ring (bicyclic) bond motifs is 1. The topological polar surface area (TPSA) is 110 Å². The molecule has 9 heteroatoms. The normalized spacial score (nSPS) is 16.5. The third kappa shape index (κ3) is 3.65. The minimum Gasteiger partial charge on any atom is -0.352 e. The molecule has 1 aromatic carbocycles. The number of nitrogens with two attached hydrogens (primary N) is 1. The average molecular weight is 362 g/mol. The molecule has 0 radical (unpaired) electrons. The van der Waals surface area contributed by atoms with E-state index < -0.39 is 15.9 Å². The Bertz CT molecular complexity index is 719. The van der Waals surface area contributed by atoms with Crippen LogP contribution in [-0.2, 0) is 10.0 Å². The molecule has 1 unspecified atom stereocenters. The lowest BCUT2D eigenvalue weighted by Gasteiger charge is -2.11. The van der Waals surface area contributed by atoms with E-state index in [1.54, 1.807) is 6.92 Å². The van der Waals surface area contributed by atoms with Crippen molar-refractivity contribution in [3.05, 3.63) is 29.3 Å². The molecule has 1 aliphatic rings. The quantitative estimate of drug-likeness (QED) is 0.803. The van der Waals surface area contributed by atoms with Crippen LogP contribution in [0, 0.1) is 0 Å². The van der Waals surface area contributed by atoms with Gasteiger partial charge in [0.1, 0.15) is 4.90 Å². The summed E-state index contributed by atoms with van der Waals surface area (Å²) in [6.07, 6.45) is 0.622. The van der Waals surface area contributed by atoms with Crippen LogP contribution < -0.4 is 11.1 Å². The van der Waals surface area contributed by atoms with Crippen LogP contribution in [0.2, 0.25) is 0 Å². The highest BCUT2D eigenvalue weighted by atomic mass is 35.5. The van der Waals surface area contributed by atoms with Crippen molar-refractivity contribution in [2.24, 2.45) is 5.73 Å². The average Bonchev–Trinajstić information content (AvgIpc) is 2.64. The number of halogens is 1. The second-order valence-electron chi connectivity index (χ2n) is 5.21. The first-order valence-corrected chi connectivity index (χ1v) is 8.48. The fourth-order valence-electron chi connectivity index (χ4n) is 2.24. The van der Waals surface area contributed by atoms with Gasteiger partial charge in [0.05, 0.1) is 5.56 Å². The first-order chi connectivity index (χ1) is 10.3. The van der Waals surface area contributed by atoms with Gasteiger partial charge in [0.25, 0.3) is 21.8 Å². The standard InChI is InChI=1S/C14H19N3O4S.ClH/c1-3-17-14(19)11-5-4-10(8-12(11)22(17,20)21)13(18)16-7-6-9(2)15;/h4-5,8-9H,3,6-7,15H2,1-2H3,(H,16,18);1H. The van der Waals surface area contributed by atoms with Crippen molar-refractivity contribution in [1.82, 2.24) is 9.62 Å². The summed E-state index contributed by atoms with van der Waals surface area (Å²) in [5.74, 6) is -0.942. The predicted molar refractivity (Wildman–Crippen MR) is 88.2 cm³/mol. The second kappa shape index (κ2) is 7.29. The van der Waals surface area contributed by atoms with Gasteiger partial charge in [-0.25, -0.2) is 12.7 Å². The molecule has 128 valence electrons. The molecule has 0 saturated carbocycles. The first-order valence-electron chi connectivity index (χ1n) is 7.04. The molecular weight excluding hydrogens is 342 g/mol. The molecule has 23 heavy (non-hydrogen) atoms. The van der Waals surface area contributed by atoms with E-state index in [9.17, 15) is 18.0 Å². The molecule has 3 N–H and O–H groups in total. The van der Waals surface area contributed by atoms with Gasteiger partial charge >= 0.3 is 0 Å². The number of hydrogen-bond acceptors (Lipinski definition) is 5. The molecule has 7 nitrogen and oxygen atoms in total. The van der Waals surface area contributed by atoms with Crippen molar-refractivity contribution < 1.29 is 18.0 Å². The number of hydrogen-bond donors (Lipinski definition) is 2. The molecule has 1 aromatic rings. The highest BCUT2D eigenvalue weighted by molar-refractivity contribution is 7.90. The molecule has 2 amide bonds. The Morgan fingerprint density at radius 1 is 1.39 bits per heavy atom. The fraction of sp³-hybridized carbons (Fsp3) is 0.429. The van der Waals surface area contributed by atoms with Gasteiger partial charge < -0.3 is 11.1 Å². The Kier molecular flexibility index (Phi) is 6.15. The number of nitrogens with one attached hydrogen (secondary N) is 1. The SMILES string of the molecule is CCN1C(=O)c2ccc(C(=O)NCCC(C)N)cc2S1(=O)=O.Cl. The summed E-state index contributed by atoms with van der Waals surface area (Å²) >= 11 is 0. The second-order valence-corrected chi connectivity index (χ2v) is 7.04. The molecule has 0 aliphatic carbocycles. The summed E-state index contributed by atoms with van der Waals surface area (Å²) in [5.41, 5.74) is 5.91. The van der Waals surface area contributed by atoms with E-state index in [-0.39, 0.29) is 46.9 Å². The monoisotopic (exact) mass is 361 g/mol. The zero-order valence-electron chi connectivity index (χ0n) is 12.9. The van der Waals surface area contributed by atoms with Crippen molar-refractivity contribution in [2.75, 3.05) is 13.1 Å². The summed E-state index contributed by atoms with van der Waals surface area (Å²) in [4.78, 5) is 23.9. The summed E-state index contributed by atoms with van der Waals surface area (Å²) < 4.78 is 25.3. The van der Waals surface area contributed by atoms with E-state index in [1.807, 2.05) is 6.92 Å². The van der Waals surface area contributed by atoms with Crippen LogP contribution >= 0.6 is 12.4 Å². The molecule has 0 fully saturated rings. The van der Waals surface area contributed by atoms with E-state index in [0.717, 1.165) is 4.31 Å². The van der Waals surface area contributed by atoms with Gasteiger partial charge in [-0.15, -0.1) is 12.4 Å². The number of sulfonamides is 1. The number of benzene rings is 1. The van der Waals surface area contributed by atoms with Gasteiger partial charge in [-0.1, -0.05) is 0 Å². The van der Waals surface area contributed by atoms with Crippen LogP contribution in [-0.4, -0.2) is 43.7 Å². The van der Waals surface area contributed by atoms with Gasteiger partial charge in [0, 0.05) is 24.7 Å². The van der Waals surface area contributed by atoms with Crippen molar-refractivity contribution in [3.63, 3.8) is 0 Å². The lowest BCUT2D eigenvalue weighted by atomic mass is 10.1. The molecular formula is C14H20ClN3O4S. The van der Waals surface area contributed by atoms with Crippen molar-refractivity contribution in [2.45, 2.75) is 31.2 Å². The lowest BCUT2D eigenvalue weighted by Crippen LogP contribution is -2.29. The predicted octanol–water partition coefficient (Wildman–Crippen LogP) is 0.740. The Hall–Kier alpha value is -1.64. The van der Waals surface area contributed by atoms with Crippen molar-refractivity contribution >= 4 is 34.2 Å². The van der Waals surface area contributed by atoms with E-state index in [4.69, 9.17) is 5.73 Å². The van der Waals surface area contributed by atoms with Gasteiger partial charge in [-0.2, -0.15) is 0 Å². The van der Waals surface area contributed by atoms with Crippen LogP contribution in [0.4, 0.5) is 0 Å². The largest absolute Gasteiger partial charge is 0.352 e. The molecule has 0 aromatic heterocycles. The molecule has 1 atom stereocenters. The minimum atomic E-state index is -3.85. The fourth-order valence-corrected chi connectivity index (χ4v) is 3.85. The van der Waals surface area contributed by atoms with Crippen molar-refractivity contribution in [3.8, 4) is 0 Å². The zero-order valence-corrected chi connectivity index (χ0v) is 14.5. The van der Waals surface area contributed by atoms with Gasteiger partial charge in [-0.3, -0.25) is 9.59 Å². The van der Waals surface area contributed by atoms with E-state index in [0.29, 0.717) is 13.0 Å². The number of rotatable bonds is 5. The maximum Gasteiger partial charge on any atom is 0.268 e. The van der Waals surface area contributed by atoms with Gasteiger partial charge in [-0.05, 0) is 38.5 Å². The molecule has 2 rings (SSSR count). The Labute approximate surface area is 141 Å². The minimum absolute atomic E-state index is 0. The van der Waals surface area contributed by atoms with Crippen molar-refractivity contribution in [1.29, 1.82) is 0 Å². The van der Waals surface area contributed by atoms with E-state index >= 15 is 0 Å². The third-order valence-electron chi connectivity index (χ3n) is 3.44. The number of amides is 2. The number of carbonyl (C=O) groups excluding carboxylic acids is 2. The Morgan fingerprint density at radius 3 is 2.61 bits per heavy atom. The van der Waals surface area contributed by atoms with E-state index in [2.05, 4.69) is 5.32 Å². The van der Waals surface area contributed by atoms with Crippen LogP contribution in [0.15, 0.2) is 23.1 Å². The van der Waals surface area contributed by atoms with Gasteiger partial charge in [0.15, 0.2) is 0 Å². The molecule has 0 spiro atoms. The summed E-state index contributed by atoms with van der Waals surface area (Å²) in [6, 6.07) is 4.05. The van der Waals surface area contributed by atoms with Gasteiger partial charge in [0.2, 0.25) is 0 Å². The van der Waals surface area contributed by atoms with E-state index in [1.165, 1.54) is 18.2 Å². The zero-order chi connectivity index (χ0) is 16.5. The Balaban J connectivity index is 0.00000264. The molecule has 1 heterocycles. The van der Waals surface area contributed by atoms with Crippen LogP contribution in [0.1, 0.15) is 41.0 Å². The molecule has 0 saturated heterocycles. The third-order valence-corrected chi connectivity index (χ3v) is 5.34. The smallest absolute Gasteiger partial charge is 0.268 e.